The minimum atomic E-state index is -3.29. The largest absolute Gasteiger partial charge is 0.334 e. The predicted molar refractivity (Wildman–Crippen MR) is 102 cm³/mol. The molecule has 0 unspecified atom stereocenters. The number of hydrogen-bond acceptors (Lipinski definition) is 3. The van der Waals surface area contributed by atoms with Crippen LogP contribution in [0.25, 0.3) is 0 Å². The second-order valence-electron chi connectivity index (χ2n) is 5.48. The molecule has 0 radical (unpaired) electrons. The zero-order valence-electron chi connectivity index (χ0n) is 14.5. The Morgan fingerprint density at radius 2 is 1.62 bits per heavy atom. The molecule has 6 nitrogen and oxygen atoms in total. The lowest BCUT2D eigenvalue weighted by Gasteiger charge is -2.07. The average molecular weight is 371 g/mol. The minimum Gasteiger partial charge on any atom is -0.334 e. The van der Waals surface area contributed by atoms with E-state index in [1.54, 1.807) is 24.3 Å². The molecule has 0 atom stereocenters. The molecule has 0 fully saturated rings. The van der Waals surface area contributed by atoms with E-state index < -0.39 is 10.0 Å². The third-order valence-electron chi connectivity index (χ3n) is 3.49. The van der Waals surface area contributed by atoms with Gasteiger partial charge in [-0.15, -0.1) is 0 Å². The van der Waals surface area contributed by atoms with Crippen LogP contribution in [0.15, 0.2) is 54.6 Å². The van der Waals surface area contributed by atoms with E-state index in [2.05, 4.69) is 27.2 Å². The third-order valence-corrected chi connectivity index (χ3v) is 4.82. The molecule has 0 heterocycles. The fourth-order valence-electron chi connectivity index (χ4n) is 2.08. The van der Waals surface area contributed by atoms with Crippen LogP contribution >= 0.6 is 0 Å². The SMILES string of the molecule is CNS(=O)(=O)Cc1ccc(CNC(=O)NCC#Cc2ccccc2)cc1. The van der Waals surface area contributed by atoms with E-state index in [4.69, 9.17) is 0 Å². The van der Waals surface area contributed by atoms with Crippen molar-refractivity contribution in [1.29, 1.82) is 0 Å². The molecule has 3 N–H and O–H groups in total. The lowest BCUT2D eigenvalue weighted by molar-refractivity contribution is 0.241. The van der Waals surface area contributed by atoms with Gasteiger partial charge in [0.25, 0.3) is 0 Å². The lowest BCUT2D eigenvalue weighted by atomic mass is 10.1. The molecule has 0 bridgehead atoms. The number of carbonyl (C=O) groups excluding carboxylic acids is 1. The number of rotatable bonds is 6. The lowest BCUT2D eigenvalue weighted by Crippen LogP contribution is -2.35. The van der Waals surface area contributed by atoms with Crippen LogP contribution in [0.1, 0.15) is 16.7 Å². The Kier molecular flexibility index (Phi) is 7.21. The first kappa shape index (κ1) is 19.5. The molecule has 136 valence electrons. The summed E-state index contributed by atoms with van der Waals surface area (Å²) in [6.07, 6.45) is 0. The Morgan fingerprint density at radius 3 is 2.27 bits per heavy atom. The van der Waals surface area contributed by atoms with Crippen molar-refractivity contribution in [2.75, 3.05) is 13.6 Å². The van der Waals surface area contributed by atoms with Crippen molar-refractivity contribution in [1.82, 2.24) is 15.4 Å². The predicted octanol–water partition coefficient (Wildman–Crippen LogP) is 1.59. The van der Waals surface area contributed by atoms with Crippen LogP contribution in [0.2, 0.25) is 0 Å². The summed E-state index contributed by atoms with van der Waals surface area (Å²) in [5.41, 5.74) is 2.46. The van der Waals surface area contributed by atoms with Gasteiger partial charge in [-0.1, -0.05) is 54.3 Å². The number of hydrogen-bond donors (Lipinski definition) is 3. The molecule has 26 heavy (non-hydrogen) atoms. The monoisotopic (exact) mass is 371 g/mol. The number of sulfonamides is 1. The highest BCUT2D eigenvalue weighted by Crippen LogP contribution is 2.07. The molecular formula is C19H21N3O3S. The normalized spacial score (nSPS) is 10.5. The first-order chi connectivity index (χ1) is 12.5. The smallest absolute Gasteiger partial charge is 0.315 e. The van der Waals surface area contributed by atoms with Crippen LogP contribution in [-0.2, 0) is 22.3 Å². The second kappa shape index (κ2) is 9.61. The number of benzene rings is 2. The van der Waals surface area contributed by atoms with E-state index in [0.29, 0.717) is 12.1 Å². The van der Waals surface area contributed by atoms with Crippen LogP contribution in [-0.4, -0.2) is 28.0 Å². The Morgan fingerprint density at radius 1 is 0.962 bits per heavy atom. The van der Waals surface area contributed by atoms with E-state index in [-0.39, 0.29) is 18.3 Å². The maximum atomic E-state index is 11.7. The van der Waals surface area contributed by atoms with Gasteiger partial charge >= 0.3 is 6.03 Å². The van der Waals surface area contributed by atoms with Gasteiger partial charge < -0.3 is 10.6 Å². The van der Waals surface area contributed by atoms with Gasteiger partial charge in [-0.25, -0.2) is 17.9 Å². The highest BCUT2D eigenvalue weighted by molar-refractivity contribution is 7.88. The van der Waals surface area contributed by atoms with Crippen molar-refractivity contribution < 1.29 is 13.2 Å². The maximum absolute atomic E-state index is 11.7. The molecule has 2 aromatic carbocycles. The quantitative estimate of drug-likeness (QED) is 0.674. The molecule has 2 amide bonds. The topological polar surface area (TPSA) is 87.3 Å². The van der Waals surface area contributed by atoms with Crippen LogP contribution in [0.4, 0.5) is 4.79 Å². The Balaban J connectivity index is 1.74. The van der Waals surface area contributed by atoms with Gasteiger partial charge in [0.05, 0.1) is 12.3 Å². The summed E-state index contributed by atoms with van der Waals surface area (Å²) in [6, 6.07) is 16.3. The summed E-state index contributed by atoms with van der Waals surface area (Å²) < 4.78 is 25.3. The summed E-state index contributed by atoms with van der Waals surface area (Å²) in [5.74, 6) is 5.77. The zero-order chi connectivity index (χ0) is 18.8. The average Bonchev–Trinajstić information content (AvgIpc) is 2.65. The molecule has 0 saturated carbocycles. The van der Waals surface area contributed by atoms with E-state index in [9.17, 15) is 13.2 Å². The van der Waals surface area contributed by atoms with Crippen molar-refractivity contribution in [3.63, 3.8) is 0 Å². The number of urea groups is 1. The summed E-state index contributed by atoms with van der Waals surface area (Å²) in [4.78, 5) is 11.7. The molecule has 0 aliphatic heterocycles. The van der Waals surface area contributed by atoms with Gasteiger partial charge in [-0.05, 0) is 30.3 Å². The molecule has 0 spiro atoms. The molecule has 0 aromatic heterocycles. The molecule has 2 rings (SSSR count). The molecule has 2 aromatic rings. The first-order valence-corrected chi connectivity index (χ1v) is 9.68. The second-order valence-corrected chi connectivity index (χ2v) is 7.41. The van der Waals surface area contributed by atoms with Crippen molar-refractivity contribution >= 4 is 16.1 Å². The summed E-state index contributed by atoms with van der Waals surface area (Å²) in [5, 5.41) is 5.39. The highest BCUT2D eigenvalue weighted by Gasteiger charge is 2.08. The van der Waals surface area contributed by atoms with E-state index in [1.165, 1.54) is 7.05 Å². The highest BCUT2D eigenvalue weighted by atomic mass is 32.2. The summed E-state index contributed by atoms with van der Waals surface area (Å²) in [7, 11) is -1.90. The van der Waals surface area contributed by atoms with Gasteiger partial charge in [0.1, 0.15) is 0 Å². The molecule has 0 aliphatic rings. The van der Waals surface area contributed by atoms with Gasteiger partial charge in [0.2, 0.25) is 10.0 Å². The third kappa shape index (κ3) is 6.97. The standard InChI is InChI=1S/C19H21N3O3S/c1-20-26(24,25)15-18-11-9-17(10-12-18)14-22-19(23)21-13-5-8-16-6-3-2-4-7-16/h2-4,6-7,9-12,20H,13-15H2,1H3,(H2,21,22,23). The molecule has 0 saturated heterocycles. The van der Waals surface area contributed by atoms with E-state index >= 15 is 0 Å². The van der Waals surface area contributed by atoms with Crippen molar-refractivity contribution in [3.8, 4) is 11.8 Å². The van der Waals surface area contributed by atoms with Crippen LogP contribution in [0.5, 0.6) is 0 Å². The van der Waals surface area contributed by atoms with Gasteiger partial charge in [0.15, 0.2) is 0 Å². The zero-order valence-corrected chi connectivity index (χ0v) is 15.3. The molecular weight excluding hydrogens is 350 g/mol. The fraction of sp³-hybridized carbons (Fsp3) is 0.211. The van der Waals surface area contributed by atoms with E-state index in [0.717, 1.165) is 11.1 Å². The van der Waals surface area contributed by atoms with Crippen LogP contribution in [0, 0.1) is 11.8 Å². The number of carbonyl (C=O) groups is 1. The van der Waals surface area contributed by atoms with Crippen molar-refractivity contribution in [2.45, 2.75) is 12.3 Å². The fourth-order valence-corrected chi connectivity index (χ4v) is 2.86. The Hall–Kier alpha value is -2.82. The van der Waals surface area contributed by atoms with Crippen molar-refractivity contribution in [3.05, 3.63) is 71.3 Å². The first-order valence-electron chi connectivity index (χ1n) is 8.03. The van der Waals surface area contributed by atoms with Crippen molar-refractivity contribution in [2.24, 2.45) is 0 Å². The molecule has 0 aliphatic carbocycles. The van der Waals surface area contributed by atoms with Gasteiger partial charge in [0, 0.05) is 12.1 Å². The van der Waals surface area contributed by atoms with E-state index in [1.807, 2.05) is 30.3 Å². The summed E-state index contributed by atoms with van der Waals surface area (Å²) >= 11 is 0. The number of nitrogens with one attached hydrogen (secondary N) is 3. The summed E-state index contributed by atoms with van der Waals surface area (Å²) in [6.45, 7) is 0.596. The van der Waals surface area contributed by atoms with Crippen LogP contribution < -0.4 is 15.4 Å². The van der Waals surface area contributed by atoms with Gasteiger partial charge in [-0.3, -0.25) is 0 Å². The maximum Gasteiger partial charge on any atom is 0.315 e. The minimum absolute atomic E-state index is 0.0716. The van der Waals surface area contributed by atoms with Crippen LogP contribution in [0.3, 0.4) is 0 Å². The van der Waals surface area contributed by atoms with Gasteiger partial charge in [-0.2, -0.15) is 0 Å². The number of amides is 2. The Bertz CT molecular complexity index is 883. The Labute approximate surface area is 154 Å². The molecule has 7 heteroatoms.